The first-order valence-corrected chi connectivity index (χ1v) is 7.56. The third-order valence-electron chi connectivity index (χ3n) is 4.84. The number of carbonyl (C=O) groups is 1. The van der Waals surface area contributed by atoms with Gasteiger partial charge in [0.1, 0.15) is 17.6 Å². The van der Waals surface area contributed by atoms with E-state index in [1.165, 1.54) is 5.56 Å². The molecule has 4 nitrogen and oxygen atoms in total. The maximum absolute atomic E-state index is 10.8. The summed E-state index contributed by atoms with van der Waals surface area (Å²) in [6, 6.07) is 6.09. The minimum absolute atomic E-state index is 0.126. The monoisotopic (exact) mass is 290 g/mol. The molecule has 114 valence electrons. The molecule has 1 N–H and O–H groups in total. The Kier molecular flexibility index (Phi) is 3.76. The van der Waals surface area contributed by atoms with Crippen LogP contribution in [0.5, 0.6) is 5.75 Å². The van der Waals surface area contributed by atoms with Gasteiger partial charge in [0.15, 0.2) is 0 Å². The molecule has 3 rings (SSSR count). The zero-order valence-corrected chi connectivity index (χ0v) is 12.4. The van der Waals surface area contributed by atoms with Crippen molar-refractivity contribution in [3.05, 3.63) is 29.3 Å². The number of methoxy groups -OCH3 is 1. The summed E-state index contributed by atoms with van der Waals surface area (Å²) in [6.07, 6.45) is 5.24. The Balaban J connectivity index is 1.94. The maximum Gasteiger partial charge on any atom is 0.125 e. The summed E-state index contributed by atoms with van der Waals surface area (Å²) >= 11 is 0. The van der Waals surface area contributed by atoms with Gasteiger partial charge in [0.05, 0.1) is 13.2 Å². The highest BCUT2D eigenvalue weighted by Crippen LogP contribution is 2.53. The summed E-state index contributed by atoms with van der Waals surface area (Å²) in [7, 11) is 1.60. The van der Waals surface area contributed by atoms with Crippen LogP contribution < -0.4 is 4.74 Å². The Labute approximate surface area is 125 Å². The van der Waals surface area contributed by atoms with Gasteiger partial charge in [0.25, 0.3) is 0 Å². The molecule has 0 amide bonds. The van der Waals surface area contributed by atoms with Crippen LogP contribution in [0.4, 0.5) is 0 Å². The van der Waals surface area contributed by atoms with Crippen molar-refractivity contribution in [2.45, 2.75) is 43.1 Å². The number of carbonyl (C=O) groups excluding carboxylic acids is 1. The molecule has 21 heavy (non-hydrogen) atoms. The predicted molar refractivity (Wildman–Crippen MR) is 78.5 cm³/mol. The van der Waals surface area contributed by atoms with Gasteiger partial charge in [-0.15, -0.1) is 0 Å². The first-order chi connectivity index (χ1) is 10.1. The number of rotatable bonds is 6. The van der Waals surface area contributed by atoms with Crippen LogP contribution in [0.15, 0.2) is 18.2 Å². The summed E-state index contributed by atoms with van der Waals surface area (Å²) in [5, 5.41) is 10.8. The van der Waals surface area contributed by atoms with Crippen molar-refractivity contribution in [1.82, 2.24) is 0 Å². The molecule has 1 aromatic carbocycles. The molecule has 0 saturated heterocycles. The van der Waals surface area contributed by atoms with Crippen molar-refractivity contribution in [2.75, 3.05) is 20.3 Å². The van der Waals surface area contributed by atoms with E-state index >= 15 is 0 Å². The number of fused-ring (bicyclic) bond motifs is 1. The minimum atomic E-state index is -0.973. The number of benzene rings is 1. The highest BCUT2D eigenvalue weighted by molar-refractivity contribution is 5.51. The predicted octanol–water partition coefficient (Wildman–Crippen LogP) is 2.31. The minimum Gasteiger partial charge on any atom is -0.493 e. The molecule has 0 spiro atoms. The van der Waals surface area contributed by atoms with Crippen LogP contribution in [0.2, 0.25) is 0 Å². The van der Waals surface area contributed by atoms with Gasteiger partial charge in [0, 0.05) is 25.5 Å². The van der Waals surface area contributed by atoms with Gasteiger partial charge < -0.3 is 19.4 Å². The van der Waals surface area contributed by atoms with E-state index < -0.39 is 5.60 Å². The molecule has 1 saturated carbocycles. The van der Waals surface area contributed by atoms with Gasteiger partial charge in [-0.25, -0.2) is 0 Å². The van der Waals surface area contributed by atoms with Gasteiger partial charge in [-0.1, -0.05) is 6.07 Å². The second-order valence-corrected chi connectivity index (χ2v) is 6.26. The van der Waals surface area contributed by atoms with Crippen molar-refractivity contribution in [3.63, 3.8) is 0 Å². The summed E-state index contributed by atoms with van der Waals surface area (Å²) in [4.78, 5) is 10.7. The summed E-state index contributed by atoms with van der Waals surface area (Å²) in [6.45, 7) is 0.774. The molecular formula is C17H22O4. The van der Waals surface area contributed by atoms with Crippen molar-refractivity contribution in [1.29, 1.82) is 0 Å². The van der Waals surface area contributed by atoms with Crippen molar-refractivity contribution < 1.29 is 19.4 Å². The lowest BCUT2D eigenvalue weighted by Gasteiger charge is -2.34. The number of hydrogen-bond donors (Lipinski definition) is 1. The molecule has 1 atom stereocenters. The fraction of sp³-hybridized carbons (Fsp3) is 0.588. The highest BCUT2D eigenvalue weighted by atomic mass is 16.5. The normalized spacial score (nSPS) is 25.8. The fourth-order valence-electron chi connectivity index (χ4n) is 3.37. The van der Waals surface area contributed by atoms with Crippen LogP contribution >= 0.6 is 0 Å². The highest BCUT2D eigenvalue weighted by Gasteiger charge is 2.45. The first-order valence-electron chi connectivity index (χ1n) is 7.56. The molecule has 1 aliphatic carbocycles. The fourth-order valence-corrected chi connectivity index (χ4v) is 3.37. The largest absolute Gasteiger partial charge is 0.493 e. The van der Waals surface area contributed by atoms with Gasteiger partial charge in [-0.2, -0.15) is 0 Å². The first kappa shape index (κ1) is 14.5. The lowest BCUT2D eigenvalue weighted by Crippen LogP contribution is -2.37. The molecule has 1 heterocycles. The Hall–Kier alpha value is -1.39. The topological polar surface area (TPSA) is 55.8 Å². The molecule has 4 heteroatoms. The van der Waals surface area contributed by atoms with Crippen LogP contribution in [0, 0.1) is 0 Å². The van der Waals surface area contributed by atoms with E-state index in [1.807, 2.05) is 6.07 Å². The average Bonchev–Trinajstić information content (AvgIpc) is 3.27. The lowest BCUT2D eigenvalue weighted by molar-refractivity contribution is -0.108. The Morgan fingerprint density at radius 2 is 2.19 bits per heavy atom. The van der Waals surface area contributed by atoms with E-state index in [0.717, 1.165) is 36.9 Å². The van der Waals surface area contributed by atoms with E-state index in [-0.39, 0.29) is 12.0 Å². The zero-order chi connectivity index (χ0) is 14.9. The quantitative estimate of drug-likeness (QED) is 0.817. The molecule has 0 bridgehead atoms. The van der Waals surface area contributed by atoms with Crippen LogP contribution in [-0.2, 0) is 20.5 Å². The van der Waals surface area contributed by atoms with Gasteiger partial charge in [0.2, 0.25) is 0 Å². The van der Waals surface area contributed by atoms with Crippen molar-refractivity contribution >= 4 is 6.29 Å². The second-order valence-electron chi connectivity index (χ2n) is 6.26. The van der Waals surface area contributed by atoms with Crippen LogP contribution in [0.25, 0.3) is 0 Å². The summed E-state index contributed by atoms with van der Waals surface area (Å²) in [5.74, 6) is 0.746. The average molecular weight is 290 g/mol. The van der Waals surface area contributed by atoms with Crippen molar-refractivity contribution in [2.24, 2.45) is 0 Å². The molecule has 1 fully saturated rings. The summed E-state index contributed by atoms with van der Waals surface area (Å²) in [5.41, 5.74) is 1.19. The van der Waals surface area contributed by atoms with Crippen LogP contribution in [0.1, 0.15) is 43.2 Å². The number of hydrogen-bond acceptors (Lipinski definition) is 4. The van der Waals surface area contributed by atoms with E-state index in [2.05, 4.69) is 12.1 Å². The van der Waals surface area contributed by atoms with Gasteiger partial charge in [-0.05, 0) is 42.4 Å². The van der Waals surface area contributed by atoms with Gasteiger partial charge in [-0.3, -0.25) is 0 Å². The lowest BCUT2D eigenvalue weighted by atomic mass is 9.83. The molecule has 1 aromatic rings. The van der Waals surface area contributed by atoms with E-state index in [4.69, 9.17) is 9.47 Å². The molecule has 1 unspecified atom stereocenters. The third-order valence-corrected chi connectivity index (χ3v) is 4.84. The number of aliphatic hydroxyl groups is 1. The third kappa shape index (κ3) is 2.58. The van der Waals surface area contributed by atoms with E-state index in [0.29, 0.717) is 19.4 Å². The van der Waals surface area contributed by atoms with E-state index in [1.54, 1.807) is 7.11 Å². The molecule has 2 aliphatic rings. The maximum atomic E-state index is 10.8. The molecular weight excluding hydrogens is 268 g/mol. The SMILES string of the molecule is COCC1(O)CCOc2ccc(C3(CCC=O)CC3)cc21. The Morgan fingerprint density at radius 1 is 1.38 bits per heavy atom. The van der Waals surface area contributed by atoms with Gasteiger partial charge >= 0.3 is 0 Å². The van der Waals surface area contributed by atoms with Crippen LogP contribution in [-0.4, -0.2) is 31.7 Å². The molecule has 0 radical (unpaired) electrons. The zero-order valence-electron chi connectivity index (χ0n) is 12.4. The molecule has 0 aromatic heterocycles. The Morgan fingerprint density at radius 3 is 2.86 bits per heavy atom. The number of ether oxygens (including phenoxy) is 2. The standard InChI is InChI=1S/C17H22O4/c1-20-12-17(19)8-10-21-15-4-3-13(11-14(15)17)16(6-7-16)5-2-9-18/h3-4,9,11,19H,2,5-8,10,12H2,1H3. The smallest absolute Gasteiger partial charge is 0.125 e. The second kappa shape index (κ2) is 5.43. The van der Waals surface area contributed by atoms with Crippen molar-refractivity contribution in [3.8, 4) is 5.75 Å². The summed E-state index contributed by atoms with van der Waals surface area (Å²) < 4.78 is 10.9. The Bertz CT molecular complexity index is 536. The van der Waals surface area contributed by atoms with Crippen LogP contribution in [0.3, 0.4) is 0 Å². The number of aldehydes is 1. The molecule has 1 aliphatic heterocycles. The van der Waals surface area contributed by atoms with E-state index in [9.17, 15) is 9.90 Å².